The lowest BCUT2D eigenvalue weighted by molar-refractivity contribution is -0.113. The summed E-state index contributed by atoms with van der Waals surface area (Å²) in [5.41, 5.74) is 2.35. The molecule has 128 valence electrons. The van der Waals surface area contributed by atoms with Crippen molar-refractivity contribution in [3.05, 3.63) is 58.1 Å². The molecule has 0 saturated heterocycles. The van der Waals surface area contributed by atoms with Crippen molar-refractivity contribution in [1.82, 2.24) is 20.2 Å². The topological polar surface area (TPSA) is 72.7 Å². The molecule has 0 spiro atoms. The zero-order chi connectivity index (χ0) is 17.8. The average Bonchev–Trinajstić information content (AvgIpc) is 3.04. The molecule has 1 aromatic heterocycles. The van der Waals surface area contributed by atoms with E-state index in [1.54, 1.807) is 30.3 Å². The SMILES string of the molecule is Cc1cc(Cl)ccc1NC(=O)CSc1nnnn1-c1cccc(Cl)c1. The third-order valence-electron chi connectivity index (χ3n) is 3.29. The summed E-state index contributed by atoms with van der Waals surface area (Å²) in [6.45, 7) is 1.88. The second kappa shape index (κ2) is 7.86. The number of nitrogens with zero attached hydrogens (tertiary/aromatic N) is 4. The first-order chi connectivity index (χ1) is 12.0. The Morgan fingerprint density at radius 1 is 1.20 bits per heavy atom. The van der Waals surface area contributed by atoms with Gasteiger partial charge in [-0.05, 0) is 59.3 Å². The van der Waals surface area contributed by atoms with Crippen LogP contribution in [0.25, 0.3) is 5.69 Å². The molecule has 1 N–H and O–H groups in total. The van der Waals surface area contributed by atoms with Crippen molar-refractivity contribution in [1.29, 1.82) is 0 Å². The van der Waals surface area contributed by atoms with E-state index in [0.29, 0.717) is 15.2 Å². The summed E-state index contributed by atoms with van der Waals surface area (Å²) in [7, 11) is 0. The Balaban J connectivity index is 1.66. The summed E-state index contributed by atoms with van der Waals surface area (Å²) in [5.74, 6) is 0.0132. The van der Waals surface area contributed by atoms with Gasteiger partial charge in [0.2, 0.25) is 11.1 Å². The maximum absolute atomic E-state index is 12.2. The van der Waals surface area contributed by atoms with E-state index in [1.165, 1.54) is 16.4 Å². The van der Waals surface area contributed by atoms with Gasteiger partial charge in [0.25, 0.3) is 0 Å². The highest BCUT2D eigenvalue weighted by Crippen LogP contribution is 2.22. The molecule has 0 fully saturated rings. The third-order valence-corrected chi connectivity index (χ3v) is 4.68. The Kier molecular flexibility index (Phi) is 5.57. The second-order valence-corrected chi connectivity index (χ2v) is 6.96. The van der Waals surface area contributed by atoms with Crippen LogP contribution in [0.5, 0.6) is 0 Å². The molecule has 1 amide bonds. The molecule has 1 heterocycles. The largest absolute Gasteiger partial charge is 0.325 e. The monoisotopic (exact) mass is 393 g/mol. The fraction of sp³-hybridized carbons (Fsp3) is 0.125. The summed E-state index contributed by atoms with van der Waals surface area (Å²) in [4.78, 5) is 12.2. The van der Waals surface area contributed by atoms with E-state index in [9.17, 15) is 4.79 Å². The first kappa shape index (κ1) is 17.7. The highest BCUT2D eigenvalue weighted by Gasteiger charge is 2.12. The molecule has 0 aliphatic rings. The molecule has 9 heteroatoms. The van der Waals surface area contributed by atoms with Gasteiger partial charge in [0.05, 0.1) is 11.4 Å². The molecular weight excluding hydrogens is 381 g/mol. The number of hydrogen-bond donors (Lipinski definition) is 1. The maximum Gasteiger partial charge on any atom is 0.234 e. The summed E-state index contributed by atoms with van der Waals surface area (Å²) >= 11 is 13.1. The van der Waals surface area contributed by atoms with Gasteiger partial charge in [-0.25, -0.2) is 0 Å². The molecule has 3 aromatic rings. The molecule has 0 aliphatic carbocycles. The number of anilines is 1. The normalized spacial score (nSPS) is 10.7. The molecule has 0 radical (unpaired) electrons. The molecule has 2 aromatic carbocycles. The Hall–Kier alpha value is -2.09. The van der Waals surface area contributed by atoms with Crippen LogP contribution in [0, 0.1) is 6.92 Å². The van der Waals surface area contributed by atoms with Crippen LogP contribution in [-0.2, 0) is 4.79 Å². The maximum atomic E-state index is 12.2. The van der Waals surface area contributed by atoms with Crippen molar-refractivity contribution in [2.45, 2.75) is 12.1 Å². The minimum Gasteiger partial charge on any atom is -0.325 e. The standard InChI is InChI=1S/C16H13Cl2N5OS/c1-10-7-12(18)5-6-14(10)19-15(24)9-25-16-20-21-22-23(16)13-4-2-3-11(17)8-13/h2-8H,9H2,1H3,(H,19,24). The zero-order valence-electron chi connectivity index (χ0n) is 13.1. The highest BCUT2D eigenvalue weighted by molar-refractivity contribution is 7.99. The number of aromatic nitrogens is 4. The number of benzene rings is 2. The van der Waals surface area contributed by atoms with Gasteiger partial charge in [0, 0.05) is 15.7 Å². The Labute approximate surface area is 158 Å². The zero-order valence-corrected chi connectivity index (χ0v) is 15.4. The van der Waals surface area contributed by atoms with Gasteiger partial charge in [-0.15, -0.1) is 5.10 Å². The van der Waals surface area contributed by atoms with Gasteiger partial charge in [0.15, 0.2) is 0 Å². The van der Waals surface area contributed by atoms with Crippen LogP contribution < -0.4 is 5.32 Å². The van der Waals surface area contributed by atoms with E-state index in [-0.39, 0.29) is 11.7 Å². The van der Waals surface area contributed by atoms with Crippen LogP contribution in [-0.4, -0.2) is 31.9 Å². The molecule has 0 atom stereocenters. The molecular formula is C16H13Cl2N5OS. The number of nitrogens with one attached hydrogen (secondary N) is 1. The number of carbonyl (C=O) groups is 1. The lowest BCUT2D eigenvalue weighted by Gasteiger charge is -2.08. The van der Waals surface area contributed by atoms with E-state index in [2.05, 4.69) is 20.8 Å². The summed E-state index contributed by atoms with van der Waals surface area (Å²) in [6.07, 6.45) is 0. The van der Waals surface area contributed by atoms with Gasteiger partial charge in [0.1, 0.15) is 0 Å². The second-order valence-electron chi connectivity index (χ2n) is 5.15. The number of tetrazole rings is 1. The molecule has 0 unspecified atom stereocenters. The number of amides is 1. The molecule has 0 aliphatic heterocycles. The lowest BCUT2D eigenvalue weighted by atomic mass is 10.2. The number of carbonyl (C=O) groups excluding carboxylic acids is 1. The van der Waals surface area contributed by atoms with Crippen molar-refractivity contribution in [3.8, 4) is 5.69 Å². The van der Waals surface area contributed by atoms with Crippen LogP contribution in [0.15, 0.2) is 47.6 Å². The number of halogens is 2. The van der Waals surface area contributed by atoms with Crippen molar-refractivity contribution in [2.75, 3.05) is 11.1 Å². The van der Waals surface area contributed by atoms with Crippen LogP contribution in [0.1, 0.15) is 5.56 Å². The summed E-state index contributed by atoms with van der Waals surface area (Å²) in [6, 6.07) is 12.5. The van der Waals surface area contributed by atoms with Gasteiger partial charge >= 0.3 is 0 Å². The van der Waals surface area contributed by atoms with Gasteiger partial charge in [-0.1, -0.05) is 41.0 Å². The van der Waals surface area contributed by atoms with Crippen LogP contribution >= 0.6 is 35.0 Å². The molecule has 3 rings (SSSR count). The van der Waals surface area contributed by atoms with Gasteiger partial charge < -0.3 is 5.32 Å². The molecule has 0 saturated carbocycles. The van der Waals surface area contributed by atoms with E-state index >= 15 is 0 Å². The predicted molar refractivity (Wildman–Crippen MR) is 99.7 cm³/mol. The fourth-order valence-corrected chi connectivity index (χ4v) is 3.22. The summed E-state index contributed by atoms with van der Waals surface area (Å²) < 4.78 is 1.54. The minimum absolute atomic E-state index is 0.156. The van der Waals surface area contributed by atoms with Crippen LogP contribution in [0.2, 0.25) is 10.0 Å². The minimum atomic E-state index is -0.156. The Bertz CT molecular complexity index is 915. The third kappa shape index (κ3) is 4.50. The quantitative estimate of drug-likeness (QED) is 0.662. The van der Waals surface area contributed by atoms with Crippen LogP contribution in [0.3, 0.4) is 0 Å². The fourth-order valence-electron chi connectivity index (χ4n) is 2.12. The Morgan fingerprint density at radius 3 is 2.76 bits per heavy atom. The van der Waals surface area contributed by atoms with E-state index in [4.69, 9.17) is 23.2 Å². The first-order valence-corrected chi connectivity index (χ1v) is 9.00. The smallest absolute Gasteiger partial charge is 0.234 e. The number of aryl methyl sites for hydroxylation is 1. The summed E-state index contributed by atoms with van der Waals surface area (Å²) in [5, 5.41) is 16.1. The molecule has 0 bridgehead atoms. The lowest BCUT2D eigenvalue weighted by Crippen LogP contribution is -2.15. The van der Waals surface area contributed by atoms with Crippen molar-refractivity contribution >= 4 is 46.6 Å². The van der Waals surface area contributed by atoms with Crippen molar-refractivity contribution in [2.24, 2.45) is 0 Å². The number of rotatable bonds is 5. The van der Waals surface area contributed by atoms with Crippen molar-refractivity contribution in [3.63, 3.8) is 0 Å². The van der Waals surface area contributed by atoms with Crippen LogP contribution in [0.4, 0.5) is 5.69 Å². The molecule has 6 nitrogen and oxygen atoms in total. The van der Waals surface area contributed by atoms with Gasteiger partial charge in [-0.3, -0.25) is 4.79 Å². The first-order valence-electron chi connectivity index (χ1n) is 7.26. The highest BCUT2D eigenvalue weighted by atomic mass is 35.5. The van der Waals surface area contributed by atoms with E-state index in [1.807, 2.05) is 19.1 Å². The number of thioether (sulfide) groups is 1. The predicted octanol–water partition coefficient (Wildman–Crippen LogP) is 4.01. The van der Waals surface area contributed by atoms with Gasteiger partial charge in [-0.2, -0.15) is 4.68 Å². The Morgan fingerprint density at radius 2 is 2.00 bits per heavy atom. The van der Waals surface area contributed by atoms with E-state index in [0.717, 1.165) is 16.9 Å². The molecule has 25 heavy (non-hydrogen) atoms. The van der Waals surface area contributed by atoms with Crippen molar-refractivity contribution < 1.29 is 4.79 Å². The average molecular weight is 394 g/mol. The van der Waals surface area contributed by atoms with E-state index < -0.39 is 0 Å². The number of hydrogen-bond acceptors (Lipinski definition) is 5.